The number of esters is 2. The molecule has 0 fully saturated rings. The predicted molar refractivity (Wildman–Crippen MR) is 256 cm³/mol. The van der Waals surface area contributed by atoms with Gasteiger partial charge in [-0.25, -0.2) is 0 Å². The first kappa shape index (κ1) is 56.1. The molecule has 5 nitrogen and oxygen atoms in total. The van der Waals surface area contributed by atoms with Gasteiger partial charge in [-0.05, 0) is 70.6 Å². The highest BCUT2D eigenvalue weighted by atomic mass is 16.6. The number of rotatable bonds is 44. The Labute approximate surface area is 365 Å². The van der Waals surface area contributed by atoms with Gasteiger partial charge in [-0.1, -0.05) is 227 Å². The van der Waals surface area contributed by atoms with E-state index in [1.807, 2.05) is 0 Å². The van der Waals surface area contributed by atoms with Crippen molar-refractivity contribution in [1.82, 2.24) is 0 Å². The summed E-state index contributed by atoms with van der Waals surface area (Å²) in [6, 6.07) is 0. The smallest absolute Gasteiger partial charge is 0.306 e. The van der Waals surface area contributed by atoms with Gasteiger partial charge in [0.05, 0.1) is 6.61 Å². The maximum Gasteiger partial charge on any atom is 0.306 e. The third-order valence-electron chi connectivity index (χ3n) is 10.5. The number of ether oxygens (including phenoxy) is 2. The van der Waals surface area contributed by atoms with Crippen molar-refractivity contribution in [1.29, 1.82) is 0 Å². The number of hydrogen-bond acceptors (Lipinski definition) is 5. The SMILES string of the molecule is CC/C=C\C/C=C\C/C=C\C/C=C\C/C=C\C/C=C\C/C=C\CCCCCC(=O)OC(CO)COC(=O)CCCCCCCCCCCCCCCCCCCCCC. The highest BCUT2D eigenvalue weighted by Crippen LogP contribution is 2.15. The van der Waals surface area contributed by atoms with Crippen molar-refractivity contribution in [2.45, 2.75) is 232 Å². The molecule has 0 spiro atoms. The molecule has 0 saturated carbocycles. The quantitative estimate of drug-likeness (QED) is 0.0376. The van der Waals surface area contributed by atoms with E-state index in [0.29, 0.717) is 12.8 Å². The van der Waals surface area contributed by atoms with Gasteiger partial charge in [0.15, 0.2) is 6.10 Å². The van der Waals surface area contributed by atoms with Gasteiger partial charge in [-0.2, -0.15) is 0 Å². The van der Waals surface area contributed by atoms with Crippen molar-refractivity contribution in [3.05, 3.63) is 85.1 Å². The number of unbranched alkanes of at least 4 members (excludes halogenated alkanes) is 22. The van der Waals surface area contributed by atoms with Crippen LogP contribution in [0, 0.1) is 0 Å². The number of hydrogen-bond donors (Lipinski definition) is 1. The molecule has 0 amide bonds. The van der Waals surface area contributed by atoms with Crippen LogP contribution in [0.3, 0.4) is 0 Å². The molecule has 0 rings (SSSR count). The van der Waals surface area contributed by atoms with Gasteiger partial charge in [-0.3, -0.25) is 9.59 Å². The molecule has 0 aliphatic rings. The van der Waals surface area contributed by atoms with Crippen molar-refractivity contribution in [2.24, 2.45) is 0 Å². The second-order valence-electron chi connectivity index (χ2n) is 16.2. The molecule has 0 heterocycles. The Morgan fingerprint density at radius 2 is 0.729 bits per heavy atom. The van der Waals surface area contributed by atoms with Crippen molar-refractivity contribution < 1.29 is 24.2 Å². The van der Waals surface area contributed by atoms with E-state index in [1.165, 1.54) is 109 Å². The molecule has 0 saturated heterocycles. The zero-order chi connectivity index (χ0) is 42.8. The topological polar surface area (TPSA) is 72.8 Å². The number of allylic oxidation sites excluding steroid dienone is 14. The zero-order valence-corrected chi connectivity index (χ0v) is 38.5. The fourth-order valence-corrected chi connectivity index (χ4v) is 6.77. The van der Waals surface area contributed by atoms with E-state index < -0.39 is 6.10 Å². The Kier molecular flexibility index (Phi) is 47.0. The Hall–Kier alpha value is -2.92. The number of aliphatic hydroxyl groups excluding tert-OH is 1. The van der Waals surface area contributed by atoms with Crippen LogP contribution in [0.2, 0.25) is 0 Å². The van der Waals surface area contributed by atoms with Crippen LogP contribution < -0.4 is 0 Å². The van der Waals surface area contributed by atoms with Crippen LogP contribution in [0.4, 0.5) is 0 Å². The first-order valence-electron chi connectivity index (χ1n) is 24.6. The summed E-state index contributed by atoms with van der Waals surface area (Å²) in [4.78, 5) is 24.4. The van der Waals surface area contributed by atoms with Crippen LogP contribution in [0.25, 0.3) is 0 Å². The minimum atomic E-state index is -0.793. The molecule has 1 atom stereocenters. The summed E-state index contributed by atoms with van der Waals surface area (Å²) in [6.45, 7) is 4.01. The van der Waals surface area contributed by atoms with E-state index in [9.17, 15) is 14.7 Å². The fraction of sp³-hybridized carbons (Fsp3) is 0.704. The van der Waals surface area contributed by atoms with Crippen LogP contribution in [-0.2, 0) is 19.1 Å². The molecular formula is C54H92O5. The fourth-order valence-electron chi connectivity index (χ4n) is 6.77. The molecule has 0 aromatic rings. The van der Waals surface area contributed by atoms with Crippen LogP contribution in [0.5, 0.6) is 0 Å². The second kappa shape index (κ2) is 49.4. The minimum Gasteiger partial charge on any atom is -0.462 e. The lowest BCUT2D eigenvalue weighted by molar-refractivity contribution is -0.161. The Balaban J connectivity index is 3.61. The molecule has 0 aliphatic carbocycles. The van der Waals surface area contributed by atoms with E-state index in [-0.39, 0.29) is 25.2 Å². The van der Waals surface area contributed by atoms with E-state index in [2.05, 4.69) is 98.9 Å². The summed E-state index contributed by atoms with van der Waals surface area (Å²) in [5, 5.41) is 9.61. The molecule has 5 heteroatoms. The van der Waals surface area contributed by atoms with E-state index in [1.54, 1.807) is 0 Å². The first-order chi connectivity index (χ1) is 29.1. The Morgan fingerprint density at radius 1 is 0.407 bits per heavy atom. The van der Waals surface area contributed by atoms with Gasteiger partial charge in [0.2, 0.25) is 0 Å². The maximum atomic E-state index is 12.2. The Morgan fingerprint density at radius 3 is 1.10 bits per heavy atom. The average molecular weight is 821 g/mol. The number of carbonyl (C=O) groups excluding carboxylic acids is 2. The monoisotopic (exact) mass is 821 g/mol. The van der Waals surface area contributed by atoms with Crippen LogP contribution >= 0.6 is 0 Å². The summed E-state index contributed by atoms with van der Waals surface area (Å²) in [7, 11) is 0. The first-order valence-corrected chi connectivity index (χ1v) is 24.6. The van der Waals surface area contributed by atoms with Gasteiger partial charge in [-0.15, -0.1) is 0 Å². The van der Waals surface area contributed by atoms with Crippen molar-refractivity contribution in [2.75, 3.05) is 13.2 Å². The maximum absolute atomic E-state index is 12.2. The van der Waals surface area contributed by atoms with Gasteiger partial charge < -0.3 is 14.6 Å². The van der Waals surface area contributed by atoms with Crippen LogP contribution in [0.1, 0.15) is 226 Å². The predicted octanol–water partition coefficient (Wildman–Crippen LogP) is 16.2. The Bertz CT molecular complexity index is 1110. The zero-order valence-electron chi connectivity index (χ0n) is 38.5. The molecule has 59 heavy (non-hydrogen) atoms. The number of aliphatic hydroxyl groups is 1. The van der Waals surface area contributed by atoms with Crippen LogP contribution in [-0.4, -0.2) is 36.4 Å². The molecule has 0 aromatic carbocycles. The van der Waals surface area contributed by atoms with E-state index in [0.717, 1.165) is 89.9 Å². The average Bonchev–Trinajstić information content (AvgIpc) is 3.24. The third-order valence-corrected chi connectivity index (χ3v) is 10.5. The molecule has 0 bridgehead atoms. The van der Waals surface area contributed by atoms with Crippen molar-refractivity contribution in [3.63, 3.8) is 0 Å². The second-order valence-corrected chi connectivity index (χ2v) is 16.2. The lowest BCUT2D eigenvalue weighted by Crippen LogP contribution is -2.28. The van der Waals surface area contributed by atoms with Gasteiger partial charge in [0.1, 0.15) is 6.61 Å². The van der Waals surface area contributed by atoms with E-state index >= 15 is 0 Å². The highest BCUT2D eigenvalue weighted by molar-refractivity contribution is 5.70. The standard InChI is InChI=1S/C54H92O5/c1-3-5-7-9-11-13-15-17-19-21-23-25-26-27-28-29-31-33-35-37-39-41-43-45-47-49-54(57)59-52(50-55)51-58-53(56)48-46-44-42-40-38-36-34-32-30-24-22-20-18-16-14-12-10-8-6-4-2/h5,7,11,13,17,19,23,25,27-28,31,33,37,39,52,55H,3-4,6,8-10,12,14-16,18,20-22,24,26,29-30,32,34-36,38,40-51H2,1-2H3/b7-5-,13-11-,19-17-,25-23-,28-27-,33-31-,39-37-. The largest absolute Gasteiger partial charge is 0.462 e. The van der Waals surface area contributed by atoms with Crippen molar-refractivity contribution >= 4 is 11.9 Å². The molecule has 0 aromatic heterocycles. The minimum absolute atomic E-state index is 0.0815. The molecule has 0 radical (unpaired) electrons. The summed E-state index contributed by atoms with van der Waals surface area (Å²) < 4.78 is 10.6. The molecule has 338 valence electrons. The normalized spacial score (nSPS) is 12.9. The molecule has 0 aliphatic heterocycles. The highest BCUT2D eigenvalue weighted by Gasteiger charge is 2.16. The van der Waals surface area contributed by atoms with Gasteiger partial charge >= 0.3 is 11.9 Å². The van der Waals surface area contributed by atoms with Crippen molar-refractivity contribution in [3.8, 4) is 0 Å². The summed E-state index contributed by atoms with van der Waals surface area (Å²) in [5.41, 5.74) is 0. The summed E-state index contributed by atoms with van der Waals surface area (Å²) in [6.07, 6.45) is 68.1. The molecule has 1 N–H and O–H groups in total. The summed E-state index contributed by atoms with van der Waals surface area (Å²) in [5.74, 6) is -0.627. The van der Waals surface area contributed by atoms with Crippen LogP contribution in [0.15, 0.2) is 85.1 Å². The van der Waals surface area contributed by atoms with E-state index in [4.69, 9.17) is 9.47 Å². The molecular weight excluding hydrogens is 729 g/mol. The molecule has 1 unspecified atom stereocenters. The lowest BCUT2D eigenvalue weighted by Gasteiger charge is -2.15. The number of carbonyl (C=O) groups is 2. The lowest BCUT2D eigenvalue weighted by atomic mass is 10.0. The third kappa shape index (κ3) is 47.6. The van der Waals surface area contributed by atoms with Gasteiger partial charge in [0, 0.05) is 12.8 Å². The van der Waals surface area contributed by atoms with Gasteiger partial charge in [0.25, 0.3) is 0 Å². The summed E-state index contributed by atoms with van der Waals surface area (Å²) >= 11 is 0.